The summed E-state index contributed by atoms with van der Waals surface area (Å²) in [4.78, 5) is 17.2. The fourth-order valence-electron chi connectivity index (χ4n) is 4.60. The van der Waals surface area contributed by atoms with Crippen molar-refractivity contribution in [2.75, 3.05) is 31.5 Å². The van der Waals surface area contributed by atoms with Crippen LogP contribution in [0, 0.1) is 5.92 Å². The fourth-order valence-corrected chi connectivity index (χ4v) is 4.60. The molecule has 0 bridgehead atoms. The lowest BCUT2D eigenvalue weighted by atomic mass is 9.87. The molecule has 0 radical (unpaired) electrons. The van der Waals surface area contributed by atoms with E-state index in [0.717, 1.165) is 50.9 Å². The Bertz CT molecular complexity index is 835. The van der Waals surface area contributed by atoms with Crippen LogP contribution in [-0.2, 0) is 19.4 Å². The predicted molar refractivity (Wildman–Crippen MR) is 109 cm³/mol. The molecule has 2 aromatic rings. The third kappa shape index (κ3) is 3.78. The molecule has 1 aliphatic heterocycles. The van der Waals surface area contributed by atoms with Crippen LogP contribution in [-0.4, -0.2) is 57.8 Å². The molecule has 2 fully saturated rings. The molecule has 6 nitrogen and oxygen atoms in total. The Morgan fingerprint density at radius 2 is 1.82 bits per heavy atom. The van der Waals surface area contributed by atoms with Gasteiger partial charge in [0.2, 0.25) is 0 Å². The van der Waals surface area contributed by atoms with Crippen molar-refractivity contribution in [1.82, 2.24) is 19.6 Å². The zero-order valence-electron chi connectivity index (χ0n) is 16.4. The van der Waals surface area contributed by atoms with E-state index < -0.39 is 0 Å². The minimum absolute atomic E-state index is 0.00573. The number of aromatic nitrogens is 2. The number of hydrogen-bond acceptors (Lipinski definition) is 3. The molecule has 1 saturated heterocycles. The quantitative estimate of drug-likeness (QED) is 0.889. The average Bonchev–Trinajstić information content (AvgIpc) is 3.46. The van der Waals surface area contributed by atoms with Gasteiger partial charge in [-0.1, -0.05) is 24.3 Å². The number of rotatable bonds is 4. The van der Waals surface area contributed by atoms with Gasteiger partial charge >= 0.3 is 6.03 Å². The van der Waals surface area contributed by atoms with Crippen molar-refractivity contribution in [1.29, 1.82) is 0 Å². The van der Waals surface area contributed by atoms with Gasteiger partial charge in [0.15, 0.2) is 0 Å². The molecule has 2 amide bonds. The Hall–Kier alpha value is -2.34. The maximum atomic E-state index is 12.7. The van der Waals surface area contributed by atoms with Crippen molar-refractivity contribution >= 4 is 11.8 Å². The molecule has 5 rings (SSSR count). The molecule has 1 aromatic carbocycles. The van der Waals surface area contributed by atoms with Gasteiger partial charge in [-0.2, -0.15) is 5.10 Å². The topological polar surface area (TPSA) is 53.4 Å². The van der Waals surface area contributed by atoms with Crippen LogP contribution in [0.4, 0.5) is 10.6 Å². The average molecular weight is 380 g/mol. The third-order valence-electron chi connectivity index (χ3n) is 6.52. The van der Waals surface area contributed by atoms with Crippen LogP contribution in [0.2, 0.25) is 0 Å². The summed E-state index contributed by atoms with van der Waals surface area (Å²) in [6.45, 7) is 4.42. The summed E-state index contributed by atoms with van der Waals surface area (Å²) in [5.41, 5.74) is 3.02. The van der Waals surface area contributed by atoms with Crippen LogP contribution in [0.15, 0.2) is 36.5 Å². The number of fused-ring (bicyclic) bond motifs is 1. The highest BCUT2D eigenvalue weighted by Crippen LogP contribution is 2.31. The predicted octanol–water partition coefficient (Wildman–Crippen LogP) is 3.00. The molecule has 0 spiro atoms. The van der Waals surface area contributed by atoms with Crippen molar-refractivity contribution in [3.8, 4) is 0 Å². The highest BCUT2D eigenvalue weighted by Gasteiger charge is 2.29. The fraction of sp³-hybridized carbons (Fsp3) is 0.545. The van der Waals surface area contributed by atoms with E-state index >= 15 is 0 Å². The Balaban J connectivity index is 1.14. The summed E-state index contributed by atoms with van der Waals surface area (Å²) in [6, 6.07) is 11.4. The largest absolute Gasteiger partial charge is 0.323 e. The molecule has 2 heterocycles. The van der Waals surface area contributed by atoms with Crippen LogP contribution in [0.5, 0.6) is 0 Å². The highest BCUT2D eigenvalue weighted by molar-refractivity contribution is 5.88. The normalized spacial score (nSPS) is 22.7. The van der Waals surface area contributed by atoms with E-state index in [1.807, 2.05) is 15.6 Å². The lowest BCUT2D eigenvalue weighted by molar-refractivity contribution is 0.106. The molecule has 2 aliphatic carbocycles. The minimum atomic E-state index is 0.00573. The molecule has 1 aromatic heterocycles. The standard InChI is InChI=1S/C22H29N5O/c28-22(24-21-9-10-23-27(21)16-17-5-6-17)26-13-11-25(12-14-26)20-8-7-18-3-1-2-4-19(18)15-20/h1-4,9-10,17,20H,5-8,11-16H2,(H,24,28)/t20-/m1/s1. The van der Waals surface area contributed by atoms with Gasteiger partial charge < -0.3 is 4.90 Å². The SMILES string of the molecule is O=C(Nc1ccnn1CC1CC1)N1CCN([C@@H]2CCc3ccccc3C2)CC1. The van der Waals surface area contributed by atoms with Crippen LogP contribution in [0.25, 0.3) is 0 Å². The second-order valence-electron chi connectivity index (χ2n) is 8.46. The van der Waals surface area contributed by atoms with E-state index in [9.17, 15) is 4.79 Å². The number of hydrogen-bond donors (Lipinski definition) is 1. The zero-order valence-corrected chi connectivity index (χ0v) is 16.4. The second kappa shape index (κ2) is 7.59. The van der Waals surface area contributed by atoms with E-state index in [2.05, 4.69) is 39.6 Å². The molecule has 1 saturated carbocycles. The maximum Gasteiger partial charge on any atom is 0.323 e. The van der Waals surface area contributed by atoms with Crippen LogP contribution in [0.3, 0.4) is 0 Å². The number of benzene rings is 1. The van der Waals surface area contributed by atoms with Gasteiger partial charge in [-0.15, -0.1) is 0 Å². The minimum Gasteiger partial charge on any atom is -0.322 e. The maximum absolute atomic E-state index is 12.7. The smallest absolute Gasteiger partial charge is 0.322 e. The number of nitrogens with one attached hydrogen (secondary N) is 1. The zero-order chi connectivity index (χ0) is 18.9. The molecule has 3 aliphatic rings. The first-order valence-corrected chi connectivity index (χ1v) is 10.6. The Morgan fingerprint density at radius 1 is 1.04 bits per heavy atom. The summed E-state index contributed by atoms with van der Waals surface area (Å²) in [5.74, 6) is 1.56. The molecule has 1 atom stereocenters. The van der Waals surface area contributed by atoms with E-state index in [1.54, 1.807) is 6.20 Å². The van der Waals surface area contributed by atoms with E-state index in [1.165, 1.54) is 36.8 Å². The molecular formula is C22H29N5O. The van der Waals surface area contributed by atoms with Crippen LogP contribution >= 0.6 is 0 Å². The molecule has 1 N–H and O–H groups in total. The highest BCUT2D eigenvalue weighted by atomic mass is 16.2. The van der Waals surface area contributed by atoms with Gasteiger partial charge in [0, 0.05) is 44.8 Å². The number of nitrogens with zero attached hydrogens (tertiary/aromatic N) is 4. The Morgan fingerprint density at radius 3 is 2.61 bits per heavy atom. The summed E-state index contributed by atoms with van der Waals surface area (Å²) in [6.07, 6.45) is 7.87. The monoisotopic (exact) mass is 379 g/mol. The molecule has 148 valence electrons. The van der Waals surface area contributed by atoms with Gasteiger partial charge in [-0.25, -0.2) is 9.48 Å². The van der Waals surface area contributed by atoms with Crippen LogP contribution in [0.1, 0.15) is 30.4 Å². The molecular weight excluding hydrogens is 350 g/mol. The van der Waals surface area contributed by atoms with Crippen molar-refractivity contribution in [3.63, 3.8) is 0 Å². The molecule has 28 heavy (non-hydrogen) atoms. The lowest BCUT2D eigenvalue weighted by Gasteiger charge is -2.41. The number of urea groups is 1. The number of amides is 2. The Labute approximate surface area is 166 Å². The number of carbonyl (C=O) groups excluding carboxylic acids is 1. The lowest BCUT2D eigenvalue weighted by Crippen LogP contribution is -2.54. The number of aryl methyl sites for hydroxylation is 1. The third-order valence-corrected chi connectivity index (χ3v) is 6.52. The van der Waals surface area contributed by atoms with Gasteiger partial charge in [-0.3, -0.25) is 10.2 Å². The van der Waals surface area contributed by atoms with Gasteiger partial charge in [0.25, 0.3) is 0 Å². The molecule has 6 heteroatoms. The van der Waals surface area contributed by atoms with Crippen molar-refractivity contribution in [3.05, 3.63) is 47.7 Å². The number of carbonyl (C=O) groups is 1. The number of anilines is 1. The van der Waals surface area contributed by atoms with E-state index in [-0.39, 0.29) is 6.03 Å². The first-order valence-electron chi connectivity index (χ1n) is 10.6. The second-order valence-corrected chi connectivity index (χ2v) is 8.46. The van der Waals surface area contributed by atoms with Crippen molar-refractivity contribution in [2.24, 2.45) is 5.92 Å². The first-order chi connectivity index (χ1) is 13.8. The Kier molecular flexibility index (Phi) is 4.81. The van der Waals surface area contributed by atoms with Crippen molar-refractivity contribution in [2.45, 2.75) is 44.7 Å². The van der Waals surface area contributed by atoms with E-state index in [4.69, 9.17) is 0 Å². The molecule has 0 unspecified atom stereocenters. The van der Waals surface area contributed by atoms with Crippen molar-refractivity contribution < 1.29 is 4.79 Å². The summed E-state index contributed by atoms with van der Waals surface area (Å²) in [5, 5.41) is 7.43. The van der Waals surface area contributed by atoms with Gasteiger partial charge in [-0.05, 0) is 49.1 Å². The summed E-state index contributed by atoms with van der Waals surface area (Å²) in [7, 11) is 0. The summed E-state index contributed by atoms with van der Waals surface area (Å²) < 4.78 is 1.94. The van der Waals surface area contributed by atoms with E-state index in [0.29, 0.717) is 6.04 Å². The van der Waals surface area contributed by atoms with Gasteiger partial charge in [0.1, 0.15) is 5.82 Å². The number of piperazine rings is 1. The first kappa shape index (κ1) is 17.7. The van der Waals surface area contributed by atoms with Crippen LogP contribution < -0.4 is 5.32 Å². The van der Waals surface area contributed by atoms with Gasteiger partial charge in [0.05, 0.1) is 6.20 Å². The summed E-state index contributed by atoms with van der Waals surface area (Å²) >= 11 is 0.